The van der Waals surface area contributed by atoms with Crippen LogP contribution in [0.2, 0.25) is 0 Å². The molecule has 3 nitrogen and oxygen atoms in total. The molecule has 1 aromatic carbocycles. The maximum Gasteiger partial charge on any atom is 0.122 e. The Morgan fingerprint density at radius 1 is 1.32 bits per heavy atom. The van der Waals surface area contributed by atoms with Gasteiger partial charge in [0, 0.05) is 25.6 Å². The summed E-state index contributed by atoms with van der Waals surface area (Å²) in [5, 5.41) is 3.54. The third kappa shape index (κ3) is 3.48. The molecule has 0 radical (unpaired) electrons. The van der Waals surface area contributed by atoms with Crippen molar-refractivity contribution in [2.45, 2.75) is 31.7 Å². The topological polar surface area (TPSA) is 24.5 Å². The molecule has 0 bridgehead atoms. The molecule has 0 spiro atoms. The van der Waals surface area contributed by atoms with Gasteiger partial charge in [0.15, 0.2) is 0 Å². The Labute approximate surface area is 115 Å². The van der Waals surface area contributed by atoms with Crippen molar-refractivity contribution in [2.24, 2.45) is 0 Å². The predicted octanol–water partition coefficient (Wildman–Crippen LogP) is 1.85. The molecule has 104 valence electrons. The summed E-state index contributed by atoms with van der Waals surface area (Å²) in [5.74, 6) is 1.09. The van der Waals surface area contributed by atoms with Gasteiger partial charge in [0.2, 0.25) is 0 Å². The number of nitrogens with one attached hydrogen (secondary N) is 1. The van der Waals surface area contributed by atoms with Crippen LogP contribution in [0.4, 0.5) is 0 Å². The van der Waals surface area contributed by atoms with E-state index in [-0.39, 0.29) is 0 Å². The highest BCUT2D eigenvalue weighted by atomic mass is 16.5. The van der Waals surface area contributed by atoms with Gasteiger partial charge >= 0.3 is 0 Å². The van der Waals surface area contributed by atoms with Crippen LogP contribution in [0.1, 0.15) is 24.0 Å². The van der Waals surface area contributed by atoms with Crippen LogP contribution in [-0.2, 0) is 12.8 Å². The fraction of sp³-hybridized carbons (Fsp3) is 0.625. The molecule has 0 unspecified atom stereocenters. The van der Waals surface area contributed by atoms with Crippen LogP contribution in [0.5, 0.6) is 5.75 Å². The smallest absolute Gasteiger partial charge is 0.122 e. The van der Waals surface area contributed by atoms with E-state index < -0.39 is 0 Å². The van der Waals surface area contributed by atoms with Gasteiger partial charge in [-0.05, 0) is 50.0 Å². The molecule has 1 aromatic rings. The average Bonchev–Trinajstić information content (AvgIpc) is 3.17. The average molecular weight is 260 g/mol. The maximum absolute atomic E-state index is 5.53. The second-order valence-electron chi connectivity index (χ2n) is 5.75. The molecule has 1 aliphatic heterocycles. The highest BCUT2D eigenvalue weighted by Gasteiger charge is 2.25. The molecule has 1 N–H and O–H groups in total. The summed E-state index contributed by atoms with van der Waals surface area (Å²) in [4.78, 5) is 2.47. The fourth-order valence-electron chi connectivity index (χ4n) is 2.71. The molecule has 0 saturated heterocycles. The van der Waals surface area contributed by atoms with E-state index in [1.807, 2.05) is 0 Å². The minimum Gasteiger partial charge on any atom is -0.493 e. The molecule has 1 heterocycles. The predicted molar refractivity (Wildman–Crippen MR) is 77.9 cm³/mol. The van der Waals surface area contributed by atoms with Crippen molar-refractivity contribution in [3.8, 4) is 5.75 Å². The summed E-state index contributed by atoms with van der Waals surface area (Å²) in [6, 6.07) is 7.50. The Hall–Kier alpha value is -1.06. The van der Waals surface area contributed by atoms with Gasteiger partial charge in [-0.15, -0.1) is 0 Å². The number of rotatable bonds is 7. The second-order valence-corrected chi connectivity index (χ2v) is 5.75. The molecule has 3 heteroatoms. The van der Waals surface area contributed by atoms with E-state index >= 15 is 0 Å². The number of benzene rings is 1. The molecule has 1 saturated carbocycles. The van der Waals surface area contributed by atoms with Crippen molar-refractivity contribution in [1.29, 1.82) is 0 Å². The van der Waals surface area contributed by atoms with E-state index in [1.165, 1.54) is 30.5 Å². The first kappa shape index (κ1) is 12.9. The van der Waals surface area contributed by atoms with E-state index in [9.17, 15) is 0 Å². The first-order chi connectivity index (χ1) is 9.33. The van der Waals surface area contributed by atoms with Crippen molar-refractivity contribution in [3.63, 3.8) is 0 Å². The van der Waals surface area contributed by atoms with Gasteiger partial charge in [0.25, 0.3) is 0 Å². The minimum atomic E-state index is 0.852. The van der Waals surface area contributed by atoms with E-state index in [4.69, 9.17) is 4.74 Å². The molecule has 0 aromatic heterocycles. The summed E-state index contributed by atoms with van der Waals surface area (Å²) in [5.41, 5.74) is 2.80. The molecule has 3 rings (SSSR count). The number of fused-ring (bicyclic) bond motifs is 1. The quantitative estimate of drug-likeness (QED) is 0.757. The SMILES string of the molecule is CN(CCNCCc1ccc2c(c1)CCO2)C1CC1. The summed E-state index contributed by atoms with van der Waals surface area (Å²) in [7, 11) is 2.24. The van der Waals surface area contributed by atoms with Gasteiger partial charge in [-0.2, -0.15) is 0 Å². The molecule has 1 fully saturated rings. The van der Waals surface area contributed by atoms with Crippen molar-refractivity contribution in [1.82, 2.24) is 10.2 Å². The van der Waals surface area contributed by atoms with Gasteiger partial charge in [-0.3, -0.25) is 0 Å². The Kier molecular flexibility index (Phi) is 4.04. The van der Waals surface area contributed by atoms with Gasteiger partial charge in [-0.25, -0.2) is 0 Å². The van der Waals surface area contributed by atoms with Gasteiger partial charge in [-0.1, -0.05) is 12.1 Å². The molecular weight excluding hydrogens is 236 g/mol. The Balaban J connectivity index is 1.35. The number of nitrogens with zero attached hydrogens (tertiary/aromatic N) is 1. The Bertz CT molecular complexity index is 429. The van der Waals surface area contributed by atoms with E-state index in [2.05, 4.69) is 35.5 Å². The third-order valence-corrected chi connectivity index (χ3v) is 4.16. The first-order valence-corrected chi connectivity index (χ1v) is 7.48. The largest absolute Gasteiger partial charge is 0.493 e. The lowest BCUT2D eigenvalue weighted by molar-refractivity contribution is 0.322. The van der Waals surface area contributed by atoms with E-state index in [0.29, 0.717) is 0 Å². The maximum atomic E-state index is 5.53. The van der Waals surface area contributed by atoms with Crippen molar-refractivity contribution >= 4 is 0 Å². The van der Waals surface area contributed by atoms with Crippen molar-refractivity contribution < 1.29 is 4.74 Å². The summed E-state index contributed by atoms with van der Waals surface area (Å²) in [6.45, 7) is 4.19. The van der Waals surface area contributed by atoms with Crippen LogP contribution in [0.15, 0.2) is 18.2 Å². The van der Waals surface area contributed by atoms with Crippen LogP contribution in [-0.4, -0.2) is 44.2 Å². The molecular formula is C16H24N2O. The molecule has 2 aliphatic rings. The lowest BCUT2D eigenvalue weighted by atomic mass is 10.1. The van der Waals surface area contributed by atoms with E-state index in [1.54, 1.807) is 0 Å². The normalized spacial score (nSPS) is 17.6. The van der Waals surface area contributed by atoms with Crippen molar-refractivity contribution in [3.05, 3.63) is 29.3 Å². The van der Waals surface area contributed by atoms with Crippen molar-refractivity contribution in [2.75, 3.05) is 33.3 Å². The molecule has 0 atom stereocenters. The Morgan fingerprint density at radius 2 is 2.21 bits per heavy atom. The molecule has 1 aliphatic carbocycles. The number of likely N-dealkylation sites (N-methyl/N-ethyl adjacent to an activating group) is 1. The minimum absolute atomic E-state index is 0.852. The van der Waals surface area contributed by atoms with Gasteiger partial charge in [0.05, 0.1) is 6.61 Å². The van der Waals surface area contributed by atoms with Crippen LogP contribution in [0, 0.1) is 0 Å². The second kappa shape index (κ2) is 5.93. The molecule has 0 amide bonds. The fourth-order valence-corrected chi connectivity index (χ4v) is 2.71. The van der Waals surface area contributed by atoms with Gasteiger partial charge in [0.1, 0.15) is 5.75 Å². The Morgan fingerprint density at radius 3 is 3.05 bits per heavy atom. The number of ether oxygens (including phenoxy) is 1. The monoisotopic (exact) mass is 260 g/mol. The number of hydrogen-bond donors (Lipinski definition) is 1. The lowest BCUT2D eigenvalue weighted by Gasteiger charge is -2.15. The van der Waals surface area contributed by atoms with Crippen LogP contribution < -0.4 is 10.1 Å². The first-order valence-electron chi connectivity index (χ1n) is 7.48. The van der Waals surface area contributed by atoms with Crippen LogP contribution in [0.3, 0.4) is 0 Å². The summed E-state index contributed by atoms with van der Waals surface area (Å²) in [6.07, 6.45) is 4.98. The molecule has 19 heavy (non-hydrogen) atoms. The zero-order valence-electron chi connectivity index (χ0n) is 11.8. The van der Waals surface area contributed by atoms with Crippen LogP contribution in [0.25, 0.3) is 0 Å². The zero-order chi connectivity index (χ0) is 13.1. The van der Waals surface area contributed by atoms with Gasteiger partial charge < -0.3 is 15.0 Å². The summed E-state index contributed by atoms with van der Waals surface area (Å²) >= 11 is 0. The highest BCUT2D eigenvalue weighted by Crippen LogP contribution is 2.26. The summed E-state index contributed by atoms with van der Waals surface area (Å²) < 4.78 is 5.53. The van der Waals surface area contributed by atoms with Crippen LogP contribution >= 0.6 is 0 Å². The zero-order valence-corrected chi connectivity index (χ0v) is 11.8. The van der Waals surface area contributed by atoms with E-state index in [0.717, 1.165) is 44.3 Å². The standard InChI is InChI=1S/C16H24N2O/c1-18(15-3-4-15)10-9-17-8-6-13-2-5-16-14(12-13)7-11-19-16/h2,5,12,15,17H,3-4,6-11H2,1H3. The lowest BCUT2D eigenvalue weighted by Crippen LogP contribution is -2.31. The third-order valence-electron chi connectivity index (χ3n) is 4.16. The highest BCUT2D eigenvalue weighted by molar-refractivity contribution is 5.39. The number of hydrogen-bond acceptors (Lipinski definition) is 3.